The van der Waals surface area contributed by atoms with Crippen molar-refractivity contribution in [2.45, 2.75) is 31.8 Å². The van der Waals surface area contributed by atoms with Crippen LogP contribution in [-0.4, -0.2) is 68.8 Å². The van der Waals surface area contributed by atoms with Crippen LogP contribution in [0.3, 0.4) is 0 Å². The van der Waals surface area contributed by atoms with Gasteiger partial charge in [0, 0.05) is 24.7 Å². The lowest BCUT2D eigenvalue weighted by Crippen LogP contribution is -2.44. The Morgan fingerprint density at radius 1 is 1.19 bits per heavy atom. The molecule has 0 spiro atoms. The van der Waals surface area contributed by atoms with Gasteiger partial charge in [0.25, 0.3) is 0 Å². The number of aromatic nitrogens is 4. The van der Waals surface area contributed by atoms with Crippen LogP contribution in [0.15, 0.2) is 24.5 Å². The molecule has 2 aliphatic rings. The number of aliphatic hydroxyl groups excluding tert-OH is 2. The molecule has 0 bridgehead atoms. The molecular formula is C22H28N6O3. The zero-order valence-corrected chi connectivity index (χ0v) is 17.9. The number of hydrogen-bond donors (Lipinski definition) is 3. The molecule has 3 aromatic rings. The van der Waals surface area contributed by atoms with Gasteiger partial charge in [0.2, 0.25) is 5.95 Å². The van der Waals surface area contributed by atoms with Crippen molar-refractivity contribution >= 4 is 22.7 Å². The summed E-state index contributed by atoms with van der Waals surface area (Å²) in [5.41, 5.74) is 3.76. The van der Waals surface area contributed by atoms with Crippen molar-refractivity contribution in [1.29, 1.82) is 0 Å². The van der Waals surface area contributed by atoms with Crippen LogP contribution in [0.1, 0.15) is 30.0 Å². The summed E-state index contributed by atoms with van der Waals surface area (Å²) in [6.45, 7) is 1.91. The molecule has 1 aliphatic heterocycles. The van der Waals surface area contributed by atoms with E-state index in [0.717, 1.165) is 42.0 Å². The predicted octanol–water partition coefficient (Wildman–Crippen LogP) is 1.87. The quantitative estimate of drug-likeness (QED) is 0.550. The molecule has 0 radical (unpaired) electrons. The number of fused-ring (bicyclic) bond motifs is 2. The van der Waals surface area contributed by atoms with E-state index in [1.165, 1.54) is 11.1 Å². The summed E-state index contributed by atoms with van der Waals surface area (Å²) in [5.74, 6) is 1.25. The summed E-state index contributed by atoms with van der Waals surface area (Å²) in [6, 6.07) is 4.33. The minimum absolute atomic E-state index is 0.0195. The molecule has 31 heavy (non-hydrogen) atoms. The van der Waals surface area contributed by atoms with Gasteiger partial charge in [0.1, 0.15) is 5.75 Å². The molecule has 164 valence electrons. The van der Waals surface area contributed by atoms with Gasteiger partial charge in [-0.05, 0) is 49.6 Å². The van der Waals surface area contributed by atoms with Crippen LogP contribution in [-0.2, 0) is 13.0 Å². The zero-order chi connectivity index (χ0) is 21.6. The molecule has 3 heterocycles. The molecule has 0 saturated heterocycles. The van der Waals surface area contributed by atoms with Crippen LogP contribution in [0.2, 0.25) is 0 Å². The van der Waals surface area contributed by atoms with Crippen LogP contribution in [0.25, 0.3) is 11.0 Å². The third-order valence-corrected chi connectivity index (χ3v) is 6.66. The largest absolute Gasteiger partial charge is 0.495 e. The van der Waals surface area contributed by atoms with Gasteiger partial charge in [0.15, 0.2) is 5.65 Å². The molecule has 5 rings (SSSR count). The highest BCUT2D eigenvalue weighted by atomic mass is 16.5. The first-order valence-electron chi connectivity index (χ1n) is 10.6. The average Bonchev–Trinajstić information content (AvgIpc) is 3.16. The van der Waals surface area contributed by atoms with Crippen LogP contribution in [0.5, 0.6) is 5.75 Å². The molecule has 1 aliphatic carbocycles. The van der Waals surface area contributed by atoms with Gasteiger partial charge in [-0.15, -0.1) is 0 Å². The van der Waals surface area contributed by atoms with Crippen molar-refractivity contribution in [3.05, 3.63) is 35.7 Å². The number of nitrogens with one attached hydrogen (secondary N) is 1. The Morgan fingerprint density at radius 2 is 2.00 bits per heavy atom. The fraction of sp³-hybridized carbons (Fsp3) is 0.500. The lowest BCUT2D eigenvalue weighted by atomic mass is 9.66. The van der Waals surface area contributed by atoms with E-state index in [1.807, 2.05) is 4.68 Å². The fourth-order valence-corrected chi connectivity index (χ4v) is 4.70. The number of benzene rings is 1. The Kier molecular flexibility index (Phi) is 5.04. The van der Waals surface area contributed by atoms with Crippen LogP contribution < -0.4 is 10.1 Å². The number of hydrogen-bond acceptors (Lipinski definition) is 8. The van der Waals surface area contributed by atoms with Crippen LogP contribution in [0, 0.1) is 5.41 Å². The van der Waals surface area contributed by atoms with Gasteiger partial charge in [-0.1, -0.05) is 0 Å². The van der Waals surface area contributed by atoms with Gasteiger partial charge in [0.05, 0.1) is 43.6 Å². The second-order valence-corrected chi connectivity index (χ2v) is 8.87. The van der Waals surface area contributed by atoms with Crippen molar-refractivity contribution in [3.8, 4) is 5.75 Å². The normalized spacial score (nSPS) is 18.6. The molecule has 3 N–H and O–H groups in total. The van der Waals surface area contributed by atoms with Crippen molar-refractivity contribution in [2.24, 2.45) is 5.41 Å². The lowest BCUT2D eigenvalue weighted by Gasteiger charge is -2.45. The third-order valence-electron chi connectivity index (χ3n) is 6.66. The molecule has 0 atom stereocenters. The molecule has 0 amide bonds. The van der Waals surface area contributed by atoms with E-state index in [4.69, 9.17) is 9.72 Å². The first-order valence-corrected chi connectivity index (χ1v) is 10.6. The van der Waals surface area contributed by atoms with Crippen molar-refractivity contribution in [3.63, 3.8) is 0 Å². The molecule has 9 nitrogen and oxygen atoms in total. The Bertz CT molecular complexity index is 1100. The number of likely N-dealkylation sites (N-methyl/N-ethyl adjacent to an activating group) is 1. The van der Waals surface area contributed by atoms with Gasteiger partial charge in [-0.25, -0.2) is 9.67 Å². The number of methoxy groups -OCH3 is 1. The number of aliphatic hydroxyl groups is 2. The number of nitrogens with zero attached hydrogens (tertiary/aromatic N) is 5. The second kappa shape index (κ2) is 7.74. The highest BCUT2D eigenvalue weighted by Gasteiger charge is 2.45. The lowest BCUT2D eigenvalue weighted by molar-refractivity contribution is -0.0451. The molecule has 2 aromatic heterocycles. The van der Waals surface area contributed by atoms with E-state index in [1.54, 1.807) is 19.5 Å². The van der Waals surface area contributed by atoms with E-state index < -0.39 is 5.41 Å². The summed E-state index contributed by atoms with van der Waals surface area (Å²) in [7, 11) is 3.80. The number of rotatable bonds is 6. The first-order chi connectivity index (χ1) is 15.0. The highest BCUT2D eigenvalue weighted by molar-refractivity contribution is 5.76. The fourth-order valence-electron chi connectivity index (χ4n) is 4.70. The Labute approximate surface area is 180 Å². The predicted molar refractivity (Wildman–Crippen MR) is 117 cm³/mol. The summed E-state index contributed by atoms with van der Waals surface area (Å²) in [5, 5.41) is 27.8. The zero-order valence-electron chi connectivity index (χ0n) is 17.9. The maximum atomic E-state index is 9.58. The Morgan fingerprint density at radius 3 is 2.74 bits per heavy atom. The SMILES string of the molecule is COc1cc2c(cc1Nc1ncc3cnn(C4CC(CO)(CO)C4)c3n1)CN(C)CC2. The maximum Gasteiger partial charge on any atom is 0.229 e. The minimum atomic E-state index is -0.416. The monoisotopic (exact) mass is 424 g/mol. The Balaban J connectivity index is 1.43. The summed E-state index contributed by atoms with van der Waals surface area (Å²) in [6.07, 6.45) is 5.88. The standard InChI is InChI=1S/C22H28N6O3/c1-27-4-3-14-6-19(31-2)18(5-15(14)11-27)25-21-23-9-16-10-24-28(20(16)26-21)17-7-22(8-17,12-29)13-30/h5-6,9-10,17,29-30H,3-4,7-8,11-13H2,1-2H3,(H,23,25,26). The van der Waals surface area contributed by atoms with Crippen molar-refractivity contribution < 1.29 is 14.9 Å². The maximum absolute atomic E-state index is 9.58. The van der Waals surface area contributed by atoms with Crippen LogP contribution in [0.4, 0.5) is 11.6 Å². The second-order valence-electron chi connectivity index (χ2n) is 8.87. The minimum Gasteiger partial charge on any atom is -0.495 e. The summed E-state index contributed by atoms with van der Waals surface area (Å²) in [4.78, 5) is 11.5. The van der Waals surface area contributed by atoms with E-state index in [9.17, 15) is 10.2 Å². The van der Waals surface area contributed by atoms with Gasteiger partial charge in [-0.2, -0.15) is 10.1 Å². The van der Waals surface area contributed by atoms with E-state index in [-0.39, 0.29) is 19.3 Å². The van der Waals surface area contributed by atoms with E-state index >= 15 is 0 Å². The van der Waals surface area contributed by atoms with E-state index in [0.29, 0.717) is 18.8 Å². The topological polar surface area (TPSA) is 109 Å². The smallest absolute Gasteiger partial charge is 0.229 e. The first kappa shape index (κ1) is 20.2. The van der Waals surface area contributed by atoms with Crippen LogP contribution >= 0.6 is 0 Å². The van der Waals surface area contributed by atoms with Crippen molar-refractivity contribution in [2.75, 3.05) is 39.2 Å². The summed E-state index contributed by atoms with van der Waals surface area (Å²) < 4.78 is 7.50. The molecule has 1 saturated carbocycles. The van der Waals surface area contributed by atoms with E-state index in [2.05, 4.69) is 39.5 Å². The van der Waals surface area contributed by atoms with Gasteiger partial charge < -0.3 is 25.2 Å². The van der Waals surface area contributed by atoms with Gasteiger partial charge >= 0.3 is 0 Å². The summed E-state index contributed by atoms with van der Waals surface area (Å²) >= 11 is 0. The third kappa shape index (κ3) is 3.52. The highest BCUT2D eigenvalue weighted by Crippen LogP contribution is 2.48. The van der Waals surface area contributed by atoms with Gasteiger partial charge in [-0.3, -0.25) is 0 Å². The molecule has 1 aromatic carbocycles. The Hall–Kier alpha value is -2.75. The molecular weight excluding hydrogens is 396 g/mol. The molecule has 9 heteroatoms. The number of anilines is 2. The molecule has 1 fully saturated rings. The average molecular weight is 425 g/mol. The number of ether oxygens (including phenoxy) is 1. The molecule has 0 unspecified atom stereocenters. The van der Waals surface area contributed by atoms with Crippen molar-refractivity contribution in [1.82, 2.24) is 24.6 Å².